The number of benzene rings is 7. The molecule has 0 fully saturated rings. The van der Waals surface area contributed by atoms with Crippen molar-refractivity contribution < 1.29 is 4.42 Å². The average molecular weight is 729 g/mol. The van der Waals surface area contributed by atoms with Gasteiger partial charge in [0.15, 0.2) is 23.0 Å². The van der Waals surface area contributed by atoms with Crippen LogP contribution in [0.25, 0.3) is 110 Å². The number of furan rings is 1. The number of para-hydroxylation sites is 2. The van der Waals surface area contributed by atoms with Crippen molar-refractivity contribution in [3.63, 3.8) is 0 Å². The monoisotopic (exact) mass is 728 g/mol. The summed E-state index contributed by atoms with van der Waals surface area (Å²) in [6, 6.07) is 49.2. The summed E-state index contributed by atoms with van der Waals surface area (Å²) in [5, 5.41) is 15.6. The first-order chi connectivity index (χ1) is 28.1. The number of hydrogen-bond acceptors (Lipinski definition) is 5. The highest BCUT2D eigenvalue weighted by atomic mass is 16.3. The van der Waals surface area contributed by atoms with Gasteiger partial charge in [0, 0.05) is 38.1 Å². The van der Waals surface area contributed by atoms with Crippen molar-refractivity contribution in [2.75, 3.05) is 0 Å². The van der Waals surface area contributed by atoms with E-state index < -0.39 is 0 Å². The van der Waals surface area contributed by atoms with E-state index >= 15 is 0 Å². The van der Waals surface area contributed by atoms with Gasteiger partial charge < -0.3 is 8.98 Å². The highest BCUT2D eigenvalue weighted by molar-refractivity contribution is 6.27. The van der Waals surface area contributed by atoms with Crippen LogP contribution in [0.5, 0.6) is 0 Å². The fourth-order valence-corrected chi connectivity index (χ4v) is 8.17. The Morgan fingerprint density at radius 1 is 0.526 bits per heavy atom. The van der Waals surface area contributed by atoms with Crippen LogP contribution in [0.2, 0.25) is 0 Å². The van der Waals surface area contributed by atoms with Crippen LogP contribution in [0.1, 0.15) is 5.56 Å². The lowest BCUT2D eigenvalue weighted by Crippen LogP contribution is -2.07. The molecule has 0 aliphatic carbocycles. The number of nitriles is 1. The van der Waals surface area contributed by atoms with E-state index in [1.807, 2.05) is 114 Å². The van der Waals surface area contributed by atoms with Crippen LogP contribution >= 0.6 is 0 Å². The molecular weight excluding hydrogens is 705 g/mol. The molecule has 0 unspecified atom stereocenters. The lowest BCUT2D eigenvalue weighted by molar-refractivity contribution is 0.669. The molecule has 7 aromatic carbocycles. The van der Waals surface area contributed by atoms with Crippen LogP contribution in [-0.4, -0.2) is 24.1 Å². The average Bonchev–Trinajstić information content (AvgIpc) is 3.93. The van der Waals surface area contributed by atoms with Gasteiger partial charge in [0.2, 0.25) is 5.95 Å². The maximum Gasteiger partial charge on any atom is 0.238 e. The summed E-state index contributed by atoms with van der Waals surface area (Å²) in [6.45, 7) is 15.8. The molecule has 0 N–H and O–H groups in total. The molecule has 9 heteroatoms. The number of rotatable bonds is 4. The number of nitrogens with zero attached hydrogens (tertiary/aromatic N) is 8. The van der Waals surface area contributed by atoms with Gasteiger partial charge in [-0.2, -0.15) is 15.2 Å². The number of hydrogen-bond donors (Lipinski definition) is 0. The van der Waals surface area contributed by atoms with Gasteiger partial charge in [0.05, 0.1) is 52.5 Å². The Kier molecular flexibility index (Phi) is 6.84. The predicted octanol–water partition coefficient (Wildman–Crippen LogP) is 12.3. The van der Waals surface area contributed by atoms with E-state index in [-0.39, 0.29) is 0 Å². The second-order valence-corrected chi connectivity index (χ2v) is 13.7. The zero-order chi connectivity index (χ0) is 38.2. The maximum atomic E-state index is 9.82. The molecule has 4 heterocycles. The molecule has 0 spiro atoms. The van der Waals surface area contributed by atoms with E-state index in [1.54, 1.807) is 12.1 Å². The van der Waals surface area contributed by atoms with Crippen molar-refractivity contribution in [2.24, 2.45) is 0 Å². The molecule has 0 saturated carbocycles. The van der Waals surface area contributed by atoms with E-state index in [4.69, 9.17) is 32.5 Å². The van der Waals surface area contributed by atoms with Crippen molar-refractivity contribution in [1.82, 2.24) is 24.1 Å². The Hall–Kier alpha value is -8.58. The van der Waals surface area contributed by atoms with Crippen LogP contribution in [-0.2, 0) is 0 Å². The zero-order valence-electron chi connectivity index (χ0n) is 29.8. The molecule has 11 rings (SSSR count). The van der Waals surface area contributed by atoms with Crippen LogP contribution in [0.15, 0.2) is 150 Å². The Bertz CT molecular complexity index is 3560. The van der Waals surface area contributed by atoms with Crippen molar-refractivity contribution in [1.29, 1.82) is 5.26 Å². The smallest absolute Gasteiger partial charge is 0.238 e. The fourth-order valence-electron chi connectivity index (χ4n) is 8.17. The molecule has 0 aliphatic rings. The van der Waals surface area contributed by atoms with Gasteiger partial charge in [0.1, 0.15) is 11.2 Å². The third-order valence-corrected chi connectivity index (χ3v) is 10.6. The molecule has 262 valence electrons. The molecule has 4 aromatic heterocycles. The van der Waals surface area contributed by atoms with Crippen molar-refractivity contribution in [3.05, 3.63) is 174 Å². The molecule has 0 aliphatic heterocycles. The van der Waals surface area contributed by atoms with E-state index in [0.717, 1.165) is 76.8 Å². The summed E-state index contributed by atoms with van der Waals surface area (Å²) in [5.41, 5.74) is 8.78. The van der Waals surface area contributed by atoms with Gasteiger partial charge >= 0.3 is 0 Å². The minimum absolute atomic E-state index is 0.354. The molecule has 0 amide bonds. The molecule has 9 nitrogen and oxygen atoms in total. The highest BCUT2D eigenvalue weighted by Crippen LogP contribution is 2.43. The Morgan fingerprint density at radius 3 is 2.02 bits per heavy atom. The Morgan fingerprint density at radius 2 is 1.19 bits per heavy atom. The van der Waals surface area contributed by atoms with Gasteiger partial charge in [-0.05, 0) is 72.1 Å². The van der Waals surface area contributed by atoms with Gasteiger partial charge in [-0.1, -0.05) is 78.9 Å². The minimum atomic E-state index is 0.354. The topological polar surface area (TPSA) is 94.2 Å². The Labute approximate surface area is 324 Å². The summed E-state index contributed by atoms with van der Waals surface area (Å²) < 4.78 is 10.5. The first-order valence-electron chi connectivity index (χ1n) is 18.1. The molecule has 11 aromatic rings. The van der Waals surface area contributed by atoms with Crippen molar-refractivity contribution in [3.8, 4) is 40.5 Å². The highest BCUT2D eigenvalue weighted by Gasteiger charge is 2.24. The first-order valence-corrected chi connectivity index (χ1v) is 18.1. The van der Waals surface area contributed by atoms with E-state index in [1.165, 1.54) is 0 Å². The third-order valence-electron chi connectivity index (χ3n) is 10.6. The second-order valence-electron chi connectivity index (χ2n) is 13.7. The van der Waals surface area contributed by atoms with Crippen LogP contribution in [0, 0.1) is 24.5 Å². The van der Waals surface area contributed by atoms with Crippen molar-refractivity contribution >= 4 is 76.9 Å². The molecule has 0 saturated heterocycles. The Balaban J connectivity index is 1.24. The second kappa shape index (κ2) is 12.2. The summed E-state index contributed by atoms with van der Waals surface area (Å²) in [7, 11) is 0. The predicted molar refractivity (Wildman–Crippen MR) is 224 cm³/mol. The van der Waals surface area contributed by atoms with Crippen molar-refractivity contribution in [2.45, 2.75) is 0 Å². The van der Waals surface area contributed by atoms with Gasteiger partial charge in [-0.25, -0.2) is 14.7 Å². The third kappa shape index (κ3) is 4.76. The first kappa shape index (κ1) is 31.9. The summed E-state index contributed by atoms with van der Waals surface area (Å²) in [5.74, 6) is 1.18. The quantitative estimate of drug-likeness (QED) is 0.168. The van der Waals surface area contributed by atoms with E-state index in [0.29, 0.717) is 40.1 Å². The lowest BCUT2D eigenvalue weighted by atomic mass is 10.1. The van der Waals surface area contributed by atoms with Gasteiger partial charge in [-0.15, -0.1) is 0 Å². The largest absolute Gasteiger partial charge is 0.456 e. The molecular formula is C48H24N8O. The molecule has 0 radical (unpaired) electrons. The maximum absolute atomic E-state index is 9.82. The SMILES string of the molecule is [C-]#[N+]c1ccc(-n2c3ccccc3c3c4c(ccc32)oc2ccccc24)c(-c2nc(-c3ccccc3)nc(-n3c4ccc(C#N)cc4c4cc([N+]#[C-])ccc43)n2)c1. The molecule has 0 bridgehead atoms. The van der Waals surface area contributed by atoms with Crippen LogP contribution in [0.4, 0.5) is 11.4 Å². The summed E-state index contributed by atoms with van der Waals surface area (Å²) in [6.07, 6.45) is 0. The summed E-state index contributed by atoms with van der Waals surface area (Å²) >= 11 is 0. The molecule has 57 heavy (non-hydrogen) atoms. The zero-order valence-corrected chi connectivity index (χ0v) is 29.8. The lowest BCUT2D eigenvalue weighted by Gasteiger charge is -2.16. The molecule has 0 atom stereocenters. The van der Waals surface area contributed by atoms with Crippen LogP contribution in [0.3, 0.4) is 0 Å². The van der Waals surface area contributed by atoms with E-state index in [2.05, 4.69) is 44.6 Å². The standard InChI is InChI=1S/C48H24N8O/c1-50-30-17-20-39-35(25-30)34-24-28(27-49)16-19-38(34)56(39)48-53-46(29-10-4-3-5-11-29)52-47(54-48)36-26-31(51-2)18-21-40(36)55-37-14-8-6-12-32(37)44-41(55)22-23-43-45(44)33-13-7-9-15-42(33)57-43/h3-26H. The van der Waals surface area contributed by atoms with Gasteiger partial charge in [0.25, 0.3) is 0 Å². The van der Waals surface area contributed by atoms with Crippen LogP contribution < -0.4 is 0 Å². The number of fused-ring (bicyclic) bond motifs is 10. The fraction of sp³-hybridized carbons (Fsp3) is 0. The number of aromatic nitrogens is 5. The minimum Gasteiger partial charge on any atom is -0.456 e. The van der Waals surface area contributed by atoms with Gasteiger partial charge in [-0.3, -0.25) is 4.57 Å². The normalized spacial score (nSPS) is 11.5. The summed E-state index contributed by atoms with van der Waals surface area (Å²) in [4.78, 5) is 23.0. The van der Waals surface area contributed by atoms with E-state index in [9.17, 15) is 5.26 Å².